The van der Waals surface area contributed by atoms with Crippen molar-refractivity contribution >= 4 is 5.91 Å². The maximum Gasteiger partial charge on any atom is 0.234 e. The van der Waals surface area contributed by atoms with Gasteiger partial charge in [0.15, 0.2) is 5.82 Å². The van der Waals surface area contributed by atoms with E-state index in [0.29, 0.717) is 11.5 Å². The van der Waals surface area contributed by atoms with Gasteiger partial charge in [0.25, 0.3) is 0 Å². The maximum absolute atomic E-state index is 13.4. The number of imidazole rings is 1. The fourth-order valence-electron chi connectivity index (χ4n) is 3.32. The van der Waals surface area contributed by atoms with Crippen molar-refractivity contribution in [2.45, 2.75) is 25.7 Å². The van der Waals surface area contributed by atoms with Crippen molar-refractivity contribution in [2.75, 3.05) is 13.2 Å². The fourth-order valence-corrected chi connectivity index (χ4v) is 3.32. The predicted molar refractivity (Wildman–Crippen MR) is 107 cm³/mol. The van der Waals surface area contributed by atoms with Crippen LogP contribution in [0.25, 0.3) is 22.5 Å². The molecular formula is C21H22FN5O3. The summed E-state index contributed by atoms with van der Waals surface area (Å²) in [5, 5.41) is 1.12. The zero-order chi connectivity index (χ0) is 21.3. The minimum atomic E-state index is -0.775. The molecular weight excluding hydrogens is 389 g/mol. The van der Waals surface area contributed by atoms with E-state index in [1.54, 1.807) is 31.5 Å². The largest absolute Gasteiger partial charge is 0.343 e. The molecule has 1 fully saturated rings. The molecule has 4 rings (SSSR count). The molecule has 3 heterocycles. The van der Waals surface area contributed by atoms with E-state index in [1.165, 1.54) is 19.1 Å². The lowest BCUT2D eigenvalue weighted by molar-refractivity contribution is -0.237. The highest BCUT2D eigenvalue weighted by Crippen LogP contribution is 2.34. The number of pyridine rings is 1. The van der Waals surface area contributed by atoms with Gasteiger partial charge in [-0.3, -0.25) is 14.8 Å². The second-order valence-electron chi connectivity index (χ2n) is 7.43. The second kappa shape index (κ2) is 7.94. The number of carbonyl (C=O) groups excluding carboxylic acids is 1. The van der Waals surface area contributed by atoms with Crippen LogP contribution in [0.3, 0.4) is 0 Å². The fraction of sp³-hybridized carbons (Fsp3) is 0.286. The molecule has 0 saturated carbocycles. The number of halogens is 1. The number of hydrazine groups is 1. The lowest BCUT2D eigenvalue weighted by Crippen LogP contribution is -2.60. The van der Waals surface area contributed by atoms with Crippen LogP contribution >= 0.6 is 0 Å². The monoisotopic (exact) mass is 411 g/mol. The van der Waals surface area contributed by atoms with E-state index >= 15 is 0 Å². The van der Waals surface area contributed by atoms with Gasteiger partial charge < -0.3 is 14.5 Å². The third kappa shape index (κ3) is 3.82. The summed E-state index contributed by atoms with van der Waals surface area (Å²) < 4.78 is 25.1. The van der Waals surface area contributed by atoms with Crippen LogP contribution < -0.4 is 5.84 Å². The van der Waals surface area contributed by atoms with Gasteiger partial charge in [0.1, 0.15) is 11.4 Å². The van der Waals surface area contributed by atoms with Gasteiger partial charge in [-0.25, -0.2) is 15.2 Å². The first kappa shape index (κ1) is 20.1. The molecule has 0 radical (unpaired) electrons. The number of nitrogens with zero attached hydrogens (tertiary/aromatic N) is 3. The molecule has 1 aromatic carbocycles. The number of nitrogens with one attached hydrogen (secondary N) is 1. The van der Waals surface area contributed by atoms with Crippen LogP contribution in [0.1, 0.15) is 26.0 Å². The Morgan fingerprint density at radius 1 is 1.17 bits per heavy atom. The lowest BCUT2D eigenvalue weighted by Gasteiger charge is -2.41. The molecule has 0 unspecified atom stereocenters. The molecule has 3 N–H and O–H groups in total. The first-order valence-corrected chi connectivity index (χ1v) is 9.42. The molecule has 0 spiro atoms. The minimum Gasteiger partial charge on any atom is -0.343 e. The van der Waals surface area contributed by atoms with E-state index in [2.05, 4.69) is 15.0 Å². The van der Waals surface area contributed by atoms with E-state index in [0.717, 1.165) is 21.8 Å². The predicted octanol–water partition coefficient (Wildman–Crippen LogP) is 2.80. The summed E-state index contributed by atoms with van der Waals surface area (Å²) in [6.45, 7) is 3.55. The number of rotatable bonds is 4. The van der Waals surface area contributed by atoms with Crippen LogP contribution in [0.15, 0.2) is 48.8 Å². The number of amides is 1. The van der Waals surface area contributed by atoms with Crippen molar-refractivity contribution in [2.24, 2.45) is 5.84 Å². The van der Waals surface area contributed by atoms with Crippen LogP contribution in [-0.4, -0.2) is 44.6 Å². The zero-order valence-corrected chi connectivity index (χ0v) is 16.6. The van der Waals surface area contributed by atoms with Crippen molar-refractivity contribution in [3.05, 3.63) is 60.4 Å². The molecule has 9 heteroatoms. The topological polar surface area (TPSA) is 106 Å². The Kier molecular flexibility index (Phi) is 5.33. The highest BCUT2D eigenvalue weighted by Gasteiger charge is 2.40. The Hall–Kier alpha value is -3.14. The summed E-state index contributed by atoms with van der Waals surface area (Å²) in [4.78, 5) is 23.6. The molecule has 1 amide bonds. The molecule has 30 heavy (non-hydrogen) atoms. The highest BCUT2D eigenvalue weighted by molar-refractivity contribution is 5.78. The van der Waals surface area contributed by atoms with Crippen molar-refractivity contribution in [3.8, 4) is 22.5 Å². The third-order valence-corrected chi connectivity index (χ3v) is 5.04. The van der Waals surface area contributed by atoms with Crippen molar-refractivity contribution in [1.82, 2.24) is 20.0 Å². The molecule has 8 nitrogen and oxygen atoms in total. The minimum absolute atomic E-state index is 0.185. The van der Waals surface area contributed by atoms with E-state index in [1.807, 2.05) is 12.1 Å². The smallest absolute Gasteiger partial charge is 0.234 e. The lowest BCUT2D eigenvalue weighted by atomic mass is 10.0. The summed E-state index contributed by atoms with van der Waals surface area (Å²) in [6, 6.07) is 9.80. The first-order chi connectivity index (χ1) is 14.4. The molecule has 0 bridgehead atoms. The number of H-pyrrole nitrogens is 1. The van der Waals surface area contributed by atoms with Gasteiger partial charge in [-0.15, -0.1) is 0 Å². The van der Waals surface area contributed by atoms with Gasteiger partial charge in [-0.2, -0.15) is 0 Å². The summed E-state index contributed by atoms with van der Waals surface area (Å²) in [5.41, 5.74) is 2.22. The quantitative estimate of drug-likeness (QED) is 0.388. The molecule has 1 saturated heterocycles. The van der Waals surface area contributed by atoms with E-state index in [4.69, 9.17) is 15.3 Å². The Balaban J connectivity index is 1.65. The number of carbonyl (C=O) groups is 1. The Bertz CT molecular complexity index is 1030. The highest BCUT2D eigenvalue weighted by atomic mass is 19.1. The van der Waals surface area contributed by atoms with Crippen LogP contribution in [0, 0.1) is 5.82 Å². The number of aromatic amines is 1. The standard InChI is InChI=1S/C21H22FN5O3/c1-13(28)27(23)21(2)11-29-20(30-12-21)19-25-17(14-3-5-16(22)6-4-14)18(26-19)15-7-9-24-10-8-15/h3-10,20H,11-12,23H2,1-2H3,(H,25,26). The van der Waals surface area contributed by atoms with Crippen LogP contribution in [-0.2, 0) is 14.3 Å². The average molecular weight is 411 g/mol. The zero-order valence-electron chi connectivity index (χ0n) is 16.6. The van der Waals surface area contributed by atoms with Crippen molar-refractivity contribution in [1.29, 1.82) is 0 Å². The van der Waals surface area contributed by atoms with Crippen LogP contribution in [0.2, 0.25) is 0 Å². The molecule has 3 aromatic rings. The number of ether oxygens (including phenoxy) is 2. The van der Waals surface area contributed by atoms with Gasteiger partial charge in [-0.05, 0) is 43.3 Å². The van der Waals surface area contributed by atoms with Crippen molar-refractivity contribution < 1.29 is 18.7 Å². The number of benzene rings is 1. The third-order valence-electron chi connectivity index (χ3n) is 5.04. The Morgan fingerprint density at radius 2 is 1.80 bits per heavy atom. The van der Waals surface area contributed by atoms with Crippen LogP contribution in [0.4, 0.5) is 4.39 Å². The molecule has 2 aromatic heterocycles. The molecule has 1 aliphatic rings. The summed E-state index contributed by atoms with van der Waals surface area (Å²) >= 11 is 0. The number of aromatic nitrogens is 3. The van der Waals surface area contributed by atoms with E-state index < -0.39 is 11.8 Å². The molecule has 0 aliphatic carbocycles. The van der Waals surface area contributed by atoms with Gasteiger partial charge in [0, 0.05) is 30.4 Å². The van der Waals surface area contributed by atoms with E-state index in [9.17, 15) is 9.18 Å². The Labute approximate surface area is 172 Å². The van der Waals surface area contributed by atoms with Gasteiger partial charge in [0.2, 0.25) is 12.2 Å². The van der Waals surface area contributed by atoms with Gasteiger partial charge in [-0.1, -0.05) is 0 Å². The van der Waals surface area contributed by atoms with Gasteiger partial charge >= 0.3 is 0 Å². The summed E-state index contributed by atoms with van der Waals surface area (Å²) in [5.74, 6) is 5.73. The second-order valence-corrected chi connectivity index (χ2v) is 7.43. The number of hydrogen-bond acceptors (Lipinski definition) is 6. The average Bonchev–Trinajstić information content (AvgIpc) is 3.20. The molecule has 156 valence electrons. The molecule has 0 atom stereocenters. The molecule has 1 aliphatic heterocycles. The number of nitrogens with two attached hydrogens (primary N) is 1. The summed E-state index contributed by atoms with van der Waals surface area (Å²) in [6.07, 6.45) is 2.61. The summed E-state index contributed by atoms with van der Waals surface area (Å²) in [7, 11) is 0. The van der Waals surface area contributed by atoms with E-state index in [-0.39, 0.29) is 24.9 Å². The normalized spacial score (nSPS) is 21.4. The van der Waals surface area contributed by atoms with Crippen molar-refractivity contribution in [3.63, 3.8) is 0 Å². The van der Waals surface area contributed by atoms with Crippen LogP contribution in [0.5, 0.6) is 0 Å². The van der Waals surface area contributed by atoms with Gasteiger partial charge in [0.05, 0.1) is 24.6 Å². The number of hydrogen-bond donors (Lipinski definition) is 2. The maximum atomic E-state index is 13.4. The Morgan fingerprint density at radius 3 is 2.40 bits per heavy atom. The first-order valence-electron chi connectivity index (χ1n) is 9.42. The SMILES string of the molecule is CC(=O)N(N)C1(C)COC(c2nc(-c3ccc(F)cc3)c(-c3ccncc3)[nH]2)OC1.